The summed E-state index contributed by atoms with van der Waals surface area (Å²) in [6.07, 6.45) is 5.41. The molecule has 5 rings (SSSR count). The minimum absolute atomic E-state index is 0.0531. The number of hydrogen-bond acceptors (Lipinski definition) is 3. The molecule has 1 saturated heterocycles. The third kappa shape index (κ3) is 4.29. The Morgan fingerprint density at radius 2 is 1.91 bits per heavy atom. The van der Waals surface area contributed by atoms with E-state index in [1.54, 1.807) is 0 Å². The molecule has 3 heterocycles. The third-order valence-corrected chi connectivity index (χ3v) is 7.38. The first-order valence-electron chi connectivity index (χ1n) is 11.8. The first-order chi connectivity index (χ1) is 16.1. The van der Waals surface area contributed by atoms with Gasteiger partial charge in [0, 0.05) is 34.6 Å². The van der Waals surface area contributed by atoms with Gasteiger partial charge in [0.05, 0.1) is 17.8 Å². The van der Waals surface area contributed by atoms with Gasteiger partial charge < -0.3 is 4.74 Å². The molecule has 2 aliphatic heterocycles. The van der Waals surface area contributed by atoms with E-state index in [1.165, 1.54) is 26.0 Å². The molecule has 34 heavy (non-hydrogen) atoms. The molecule has 0 radical (unpaired) electrons. The highest BCUT2D eigenvalue weighted by Gasteiger charge is 2.40. The van der Waals surface area contributed by atoms with Crippen LogP contribution >= 0.6 is 15.9 Å². The Morgan fingerprint density at radius 1 is 1.18 bits per heavy atom. The molecule has 0 aliphatic carbocycles. The second-order valence-corrected chi connectivity index (χ2v) is 11.0. The molecule has 1 unspecified atom stereocenters. The largest absolute Gasteiger partial charge is 0.356 e. The molecule has 8 heteroatoms. The highest BCUT2D eigenvalue weighted by atomic mass is 79.9. The van der Waals surface area contributed by atoms with Gasteiger partial charge in [-0.15, -0.1) is 0 Å². The molecule has 0 spiro atoms. The Kier molecular flexibility index (Phi) is 6.27. The standard InChI is InChI=1S/C26H29BrF3N3O/c1-15-10-18-17(7-8-22-19(18)13-31-33(22)23-6-4-5-9-34-23)25(32(15)14-26(2,3)30)24-20(28)11-16(27)12-21(24)29/h7-8,11-13,15,23,25H,4-6,9-10,14H2,1-3H3/t15-,23?,25+/m1/s1. The second kappa shape index (κ2) is 8.95. The van der Waals surface area contributed by atoms with Gasteiger partial charge in [-0.3, -0.25) is 4.90 Å². The van der Waals surface area contributed by atoms with Gasteiger partial charge in [0.25, 0.3) is 0 Å². The molecule has 182 valence electrons. The van der Waals surface area contributed by atoms with Crippen molar-refractivity contribution >= 4 is 26.8 Å². The fraction of sp³-hybridized carbons (Fsp3) is 0.500. The number of nitrogens with zero attached hydrogens (tertiary/aromatic N) is 3. The summed E-state index contributed by atoms with van der Waals surface area (Å²) < 4.78 is 53.6. The summed E-state index contributed by atoms with van der Waals surface area (Å²) in [6.45, 7) is 5.76. The van der Waals surface area contributed by atoms with Crippen LogP contribution in [-0.4, -0.2) is 39.5 Å². The summed E-state index contributed by atoms with van der Waals surface area (Å²) in [5.41, 5.74) is 1.17. The Bertz CT molecular complexity index is 1190. The van der Waals surface area contributed by atoms with Crippen LogP contribution in [0.5, 0.6) is 0 Å². The zero-order valence-electron chi connectivity index (χ0n) is 19.6. The van der Waals surface area contributed by atoms with Crippen molar-refractivity contribution in [2.45, 2.75) is 70.4 Å². The number of benzene rings is 2. The fourth-order valence-corrected chi connectivity index (χ4v) is 5.89. The molecule has 1 aromatic heterocycles. The van der Waals surface area contributed by atoms with Crippen LogP contribution in [0, 0.1) is 11.6 Å². The molecular formula is C26H29BrF3N3O. The van der Waals surface area contributed by atoms with Crippen molar-refractivity contribution in [3.63, 3.8) is 0 Å². The average molecular weight is 536 g/mol. The van der Waals surface area contributed by atoms with E-state index in [2.05, 4.69) is 21.0 Å². The van der Waals surface area contributed by atoms with Crippen LogP contribution in [0.3, 0.4) is 0 Å². The smallest absolute Gasteiger partial charge is 0.150 e. The van der Waals surface area contributed by atoms with Gasteiger partial charge in [-0.1, -0.05) is 22.0 Å². The van der Waals surface area contributed by atoms with Crippen LogP contribution in [0.1, 0.15) is 69.0 Å². The molecule has 2 aromatic carbocycles. The fourth-order valence-electron chi connectivity index (χ4n) is 5.49. The highest BCUT2D eigenvalue weighted by Crippen LogP contribution is 2.44. The Balaban J connectivity index is 1.68. The summed E-state index contributed by atoms with van der Waals surface area (Å²) in [4.78, 5) is 1.89. The summed E-state index contributed by atoms with van der Waals surface area (Å²) >= 11 is 3.18. The lowest BCUT2D eigenvalue weighted by Crippen LogP contribution is -2.48. The van der Waals surface area contributed by atoms with Crippen molar-refractivity contribution in [3.05, 3.63) is 63.3 Å². The minimum Gasteiger partial charge on any atom is -0.356 e. The highest BCUT2D eigenvalue weighted by molar-refractivity contribution is 9.10. The molecular weight excluding hydrogens is 507 g/mol. The van der Waals surface area contributed by atoms with Gasteiger partial charge in [-0.05, 0) is 75.8 Å². The van der Waals surface area contributed by atoms with Gasteiger partial charge in [0.1, 0.15) is 17.3 Å². The third-order valence-electron chi connectivity index (χ3n) is 6.92. The molecule has 0 saturated carbocycles. The maximum Gasteiger partial charge on any atom is 0.150 e. The SMILES string of the molecule is C[C@@H]1Cc2c(ccc3c2cnn3C2CCCCO2)[C@@H](c2c(F)cc(Br)cc2F)N1CC(C)(C)F. The molecule has 3 aromatic rings. The molecule has 1 fully saturated rings. The summed E-state index contributed by atoms with van der Waals surface area (Å²) in [6, 6.07) is 5.54. The molecule has 0 N–H and O–H groups in total. The predicted octanol–water partition coefficient (Wildman–Crippen LogP) is 6.86. The average Bonchev–Trinajstić information content (AvgIpc) is 3.19. The Hall–Kier alpha value is -1.90. The zero-order chi connectivity index (χ0) is 24.2. The van der Waals surface area contributed by atoms with Crippen molar-refractivity contribution in [1.29, 1.82) is 0 Å². The molecule has 3 atom stereocenters. The van der Waals surface area contributed by atoms with Gasteiger partial charge in [0.15, 0.2) is 6.23 Å². The van der Waals surface area contributed by atoms with E-state index >= 15 is 8.78 Å². The molecule has 4 nitrogen and oxygen atoms in total. The van der Waals surface area contributed by atoms with E-state index in [-0.39, 0.29) is 24.4 Å². The first-order valence-corrected chi connectivity index (χ1v) is 12.6. The second-order valence-electron chi connectivity index (χ2n) is 10.1. The lowest BCUT2D eigenvalue weighted by Gasteiger charge is -2.44. The lowest BCUT2D eigenvalue weighted by atomic mass is 9.82. The number of rotatable bonds is 4. The van der Waals surface area contributed by atoms with E-state index < -0.39 is 23.3 Å². The predicted molar refractivity (Wildman–Crippen MR) is 130 cm³/mol. The maximum absolute atomic E-state index is 15.3. The minimum atomic E-state index is -1.53. The number of ether oxygens (including phenoxy) is 1. The van der Waals surface area contributed by atoms with Crippen molar-refractivity contribution in [1.82, 2.24) is 14.7 Å². The van der Waals surface area contributed by atoms with Crippen LogP contribution in [0.4, 0.5) is 13.2 Å². The quantitative estimate of drug-likeness (QED) is 0.365. The van der Waals surface area contributed by atoms with Gasteiger partial charge in [-0.25, -0.2) is 17.9 Å². The summed E-state index contributed by atoms with van der Waals surface area (Å²) in [5, 5.41) is 5.60. The number of hydrogen-bond donors (Lipinski definition) is 0. The van der Waals surface area contributed by atoms with Gasteiger partial charge in [0.2, 0.25) is 0 Å². The maximum atomic E-state index is 15.3. The van der Waals surface area contributed by atoms with Crippen LogP contribution in [0.2, 0.25) is 0 Å². The van der Waals surface area contributed by atoms with Crippen molar-refractivity contribution in [3.8, 4) is 0 Å². The topological polar surface area (TPSA) is 30.3 Å². The van der Waals surface area contributed by atoms with E-state index in [4.69, 9.17) is 4.74 Å². The summed E-state index contributed by atoms with van der Waals surface area (Å²) in [5.74, 6) is -1.30. The number of alkyl halides is 1. The monoisotopic (exact) mass is 535 g/mol. The zero-order valence-corrected chi connectivity index (χ0v) is 21.2. The van der Waals surface area contributed by atoms with Crippen LogP contribution in [-0.2, 0) is 11.2 Å². The van der Waals surface area contributed by atoms with Gasteiger partial charge >= 0.3 is 0 Å². The van der Waals surface area contributed by atoms with Crippen LogP contribution in [0.25, 0.3) is 10.9 Å². The van der Waals surface area contributed by atoms with Crippen molar-refractivity contribution in [2.75, 3.05) is 13.2 Å². The van der Waals surface area contributed by atoms with Crippen LogP contribution in [0.15, 0.2) is 34.9 Å². The first kappa shape index (κ1) is 23.8. The van der Waals surface area contributed by atoms with Crippen molar-refractivity contribution < 1.29 is 17.9 Å². The van der Waals surface area contributed by atoms with E-state index in [1.807, 2.05) is 34.8 Å². The molecule has 0 amide bonds. The van der Waals surface area contributed by atoms with E-state index in [9.17, 15) is 4.39 Å². The molecule has 2 aliphatic rings. The number of fused-ring (bicyclic) bond motifs is 3. The van der Waals surface area contributed by atoms with Crippen molar-refractivity contribution in [2.24, 2.45) is 0 Å². The number of halogens is 4. The van der Waals surface area contributed by atoms with Gasteiger partial charge in [-0.2, -0.15) is 5.10 Å². The number of aromatic nitrogens is 2. The van der Waals surface area contributed by atoms with Crippen LogP contribution < -0.4 is 0 Å². The summed E-state index contributed by atoms with van der Waals surface area (Å²) in [7, 11) is 0. The van der Waals surface area contributed by atoms with E-state index in [0.29, 0.717) is 17.5 Å². The lowest BCUT2D eigenvalue weighted by molar-refractivity contribution is -0.0366. The Labute approximate surface area is 206 Å². The Morgan fingerprint density at radius 3 is 2.56 bits per heavy atom. The molecule has 0 bridgehead atoms. The van der Waals surface area contributed by atoms with E-state index in [0.717, 1.165) is 41.3 Å². The normalized spacial score (nSPS) is 23.9.